The first-order valence-electron chi connectivity index (χ1n) is 9.38. The van der Waals surface area contributed by atoms with Crippen LogP contribution in [0.25, 0.3) is 11.2 Å². The number of hydrogen-bond donors (Lipinski definition) is 1. The van der Waals surface area contributed by atoms with E-state index in [0.717, 1.165) is 24.2 Å². The van der Waals surface area contributed by atoms with Crippen molar-refractivity contribution in [1.82, 2.24) is 24.1 Å². The number of thioether (sulfide) groups is 1. The minimum Gasteiger partial charge on any atom is -0.325 e. The van der Waals surface area contributed by atoms with Gasteiger partial charge in [-0.3, -0.25) is 14.3 Å². The summed E-state index contributed by atoms with van der Waals surface area (Å²) >= 11 is 0.916. The number of H-pyrrole nitrogens is 1. The van der Waals surface area contributed by atoms with Crippen molar-refractivity contribution in [3.63, 3.8) is 0 Å². The fourth-order valence-electron chi connectivity index (χ4n) is 3.16. The molecule has 0 unspecified atom stereocenters. The van der Waals surface area contributed by atoms with E-state index in [1.165, 1.54) is 16.1 Å². The predicted octanol–water partition coefficient (Wildman–Crippen LogP) is 3.11. The van der Waals surface area contributed by atoms with Crippen molar-refractivity contribution in [2.24, 2.45) is 7.05 Å². The average Bonchev–Trinajstić information content (AvgIpc) is 3.01. The third-order valence-electron chi connectivity index (χ3n) is 4.71. The van der Waals surface area contributed by atoms with Crippen molar-refractivity contribution in [3.05, 3.63) is 49.5 Å². The Hall–Kier alpha value is -3.07. The molecule has 0 saturated heterocycles. The van der Waals surface area contributed by atoms with Gasteiger partial charge in [0.2, 0.25) is 0 Å². The molecule has 0 spiro atoms. The molecule has 0 aliphatic rings. The largest absolute Gasteiger partial charge is 0.417 e. The fourth-order valence-corrected chi connectivity index (χ4v) is 4.19. The molecular weight excluding hydrogens is 433 g/mol. The zero-order chi connectivity index (χ0) is 22.9. The number of hydrogen-bond acceptors (Lipinski definition) is 6. The Kier molecular flexibility index (Phi) is 6.26. The number of imidazole rings is 1. The Morgan fingerprint density at radius 1 is 1.29 bits per heavy atom. The summed E-state index contributed by atoms with van der Waals surface area (Å²) in [5.74, 6) is 0.414. The van der Waals surface area contributed by atoms with E-state index in [1.54, 1.807) is 13.1 Å². The highest BCUT2D eigenvalue weighted by Crippen LogP contribution is 2.36. The number of alkyl halides is 3. The highest BCUT2D eigenvalue weighted by atomic mass is 32.2. The standard InChI is InChI=1S/C19H19F3N6O2S/c1-4-5-6-28-15-14(16(29)26-18(28)30)27(3)13(25-15)9-31-17-11(8-23)12(19(20,21)22)7-10(2)24-17/h7H,4-6,9H2,1-3H3,(H,26,29,30). The van der Waals surface area contributed by atoms with Crippen molar-refractivity contribution >= 4 is 22.9 Å². The van der Waals surface area contributed by atoms with Gasteiger partial charge in [-0.25, -0.2) is 14.8 Å². The molecule has 0 fully saturated rings. The minimum atomic E-state index is -4.69. The van der Waals surface area contributed by atoms with Crippen molar-refractivity contribution in [1.29, 1.82) is 5.26 Å². The zero-order valence-corrected chi connectivity index (χ0v) is 17.8. The Morgan fingerprint density at radius 3 is 2.61 bits per heavy atom. The molecule has 0 bridgehead atoms. The first-order chi connectivity index (χ1) is 14.6. The number of unbranched alkanes of at least 4 members (excludes halogenated alkanes) is 1. The predicted molar refractivity (Wildman–Crippen MR) is 109 cm³/mol. The zero-order valence-electron chi connectivity index (χ0n) is 17.0. The van der Waals surface area contributed by atoms with E-state index in [2.05, 4.69) is 15.0 Å². The summed E-state index contributed by atoms with van der Waals surface area (Å²) in [6.45, 7) is 3.76. The maximum atomic E-state index is 13.3. The SMILES string of the molecule is CCCCn1c(=O)[nH]c(=O)c2c1nc(CSc1nc(C)cc(C(F)(F)F)c1C#N)n2C. The number of halogens is 3. The van der Waals surface area contributed by atoms with Crippen molar-refractivity contribution in [2.75, 3.05) is 0 Å². The first kappa shape index (κ1) is 22.6. The molecule has 1 N–H and O–H groups in total. The second-order valence-electron chi connectivity index (χ2n) is 6.91. The molecule has 3 heterocycles. The summed E-state index contributed by atoms with van der Waals surface area (Å²) in [6.07, 6.45) is -3.14. The summed E-state index contributed by atoms with van der Waals surface area (Å²) in [5.41, 5.74) is -2.22. The Morgan fingerprint density at radius 2 is 2.00 bits per heavy atom. The van der Waals surface area contributed by atoms with Gasteiger partial charge in [0, 0.05) is 19.3 Å². The van der Waals surface area contributed by atoms with Gasteiger partial charge in [-0.2, -0.15) is 18.4 Å². The second kappa shape index (κ2) is 8.58. The van der Waals surface area contributed by atoms with Gasteiger partial charge in [-0.1, -0.05) is 25.1 Å². The average molecular weight is 452 g/mol. The van der Waals surface area contributed by atoms with E-state index in [1.807, 2.05) is 6.92 Å². The highest BCUT2D eigenvalue weighted by Gasteiger charge is 2.35. The van der Waals surface area contributed by atoms with Crippen LogP contribution in [0.1, 0.15) is 42.4 Å². The number of rotatable bonds is 6. The van der Waals surface area contributed by atoms with Crippen LogP contribution in [0.5, 0.6) is 0 Å². The van der Waals surface area contributed by atoms with Gasteiger partial charge in [-0.05, 0) is 19.4 Å². The van der Waals surface area contributed by atoms with Gasteiger partial charge < -0.3 is 4.57 Å². The Labute approximate surface area is 178 Å². The molecule has 31 heavy (non-hydrogen) atoms. The van der Waals surface area contributed by atoms with Crippen molar-refractivity contribution < 1.29 is 13.2 Å². The van der Waals surface area contributed by atoms with E-state index < -0.39 is 28.6 Å². The quantitative estimate of drug-likeness (QED) is 0.576. The molecule has 3 aromatic heterocycles. The molecule has 0 radical (unpaired) electrons. The van der Waals surface area contributed by atoms with Crippen LogP contribution < -0.4 is 11.2 Å². The van der Waals surface area contributed by atoms with Crippen LogP contribution in [0, 0.1) is 18.3 Å². The third kappa shape index (κ3) is 4.36. The highest BCUT2D eigenvalue weighted by molar-refractivity contribution is 7.98. The summed E-state index contributed by atoms with van der Waals surface area (Å²) in [7, 11) is 1.59. The lowest BCUT2D eigenvalue weighted by Gasteiger charge is -2.12. The number of fused-ring (bicyclic) bond motifs is 1. The summed E-state index contributed by atoms with van der Waals surface area (Å²) in [6, 6.07) is 2.43. The molecule has 0 amide bonds. The van der Waals surface area contributed by atoms with Crippen LogP contribution in [-0.4, -0.2) is 24.1 Å². The van der Waals surface area contributed by atoms with Crippen LogP contribution >= 0.6 is 11.8 Å². The first-order valence-corrected chi connectivity index (χ1v) is 10.4. The number of aromatic amines is 1. The topological polar surface area (TPSA) is 109 Å². The van der Waals surface area contributed by atoms with E-state index in [4.69, 9.17) is 0 Å². The van der Waals surface area contributed by atoms with Gasteiger partial charge in [0.25, 0.3) is 5.56 Å². The van der Waals surface area contributed by atoms with E-state index in [0.29, 0.717) is 18.8 Å². The van der Waals surface area contributed by atoms with Crippen LogP contribution in [0.15, 0.2) is 20.7 Å². The summed E-state index contributed by atoms with van der Waals surface area (Å²) in [5, 5.41) is 9.23. The summed E-state index contributed by atoms with van der Waals surface area (Å²) < 4.78 is 42.8. The van der Waals surface area contributed by atoms with Crippen LogP contribution in [0.3, 0.4) is 0 Å². The molecule has 8 nitrogen and oxygen atoms in total. The fraction of sp³-hybridized carbons (Fsp3) is 0.421. The van der Waals surface area contributed by atoms with Crippen LogP contribution in [0.2, 0.25) is 0 Å². The number of nitrogens with one attached hydrogen (secondary N) is 1. The lowest BCUT2D eigenvalue weighted by atomic mass is 10.1. The van der Waals surface area contributed by atoms with Gasteiger partial charge in [-0.15, -0.1) is 0 Å². The molecule has 0 aliphatic carbocycles. The lowest BCUT2D eigenvalue weighted by molar-refractivity contribution is -0.138. The lowest BCUT2D eigenvalue weighted by Crippen LogP contribution is -2.31. The number of aryl methyl sites for hydroxylation is 3. The van der Waals surface area contributed by atoms with Gasteiger partial charge in [0.15, 0.2) is 11.2 Å². The third-order valence-corrected chi connectivity index (χ3v) is 5.68. The van der Waals surface area contributed by atoms with Crippen LogP contribution in [-0.2, 0) is 25.5 Å². The van der Waals surface area contributed by atoms with Crippen LogP contribution in [0.4, 0.5) is 13.2 Å². The second-order valence-corrected chi connectivity index (χ2v) is 7.88. The van der Waals surface area contributed by atoms with Crippen molar-refractivity contribution in [3.8, 4) is 6.07 Å². The Bertz CT molecular complexity index is 1300. The molecule has 3 aromatic rings. The van der Waals surface area contributed by atoms with Gasteiger partial charge in [0.1, 0.15) is 16.9 Å². The van der Waals surface area contributed by atoms with Gasteiger partial charge in [0.05, 0.1) is 16.9 Å². The van der Waals surface area contributed by atoms with E-state index in [-0.39, 0.29) is 27.6 Å². The molecular formula is C19H19F3N6O2S. The Balaban J connectivity index is 2.05. The number of pyridine rings is 1. The minimum absolute atomic E-state index is 0.0506. The number of nitriles is 1. The maximum absolute atomic E-state index is 13.3. The molecule has 12 heteroatoms. The number of aromatic nitrogens is 5. The molecule has 164 valence electrons. The monoisotopic (exact) mass is 452 g/mol. The molecule has 3 rings (SSSR count). The molecule has 0 aromatic carbocycles. The molecule has 0 atom stereocenters. The maximum Gasteiger partial charge on any atom is 0.417 e. The van der Waals surface area contributed by atoms with Crippen molar-refractivity contribution in [2.45, 2.75) is 50.2 Å². The van der Waals surface area contributed by atoms with Gasteiger partial charge >= 0.3 is 11.9 Å². The smallest absolute Gasteiger partial charge is 0.325 e. The summed E-state index contributed by atoms with van der Waals surface area (Å²) in [4.78, 5) is 35.3. The van der Waals surface area contributed by atoms with E-state index in [9.17, 15) is 28.0 Å². The van der Waals surface area contributed by atoms with E-state index >= 15 is 0 Å². The number of nitrogens with zero attached hydrogens (tertiary/aromatic N) is 5. The normalized spacial score (nSPS) is 11.8. The molecule has 0 saturated carbocycles. The molecule has 0 aliphatic heterocycles.